The van der Waals surface area contributed by atoms with E-state index in [2.05, 4.69) is 9.97 Å². The zero-order valence-corrected chi connectivity index (χ0v) is 19.7. The van der Waals surface area contributed by atoms with E-state index < -0.39 is 21.7 Å². The van der Waals surface area contributed by atoms with Crippen LogP contribution in [0.25, 0.3) is 32.2 Å². The Morgan fingerprint density at radius 1 is 1.12 bits per heavy atom. The zero-order valence-electron chi connectivity index (χ0n) is 16.5. The molecular formula is C20H14Cl2F3N3O2S2. The molecule has 0 aliphatic carbocycles. The van der Waals surface area contributed by atoms with Crippen molar-refractivity contribution in [1.82, 2.24) is 14.5 Å². The largest absolute Gasteiger partial charge is 0.433 e. The fraction of sp³-hybridized carbons (Fsp3) is 0.200. The summed E-state index contributed by atoms with van der Waals surface area (Å²) in [6, 6.07) is 7.56. The van der Waals surface area contributed by atoms with Gasteiger partial charge in [0, 0.05) is 12.1 Å². The maximum atomic E-state index is 13.1. The summed E-state index contributed by atoms with van der Waals surface area (Å²) in [6.45, 7) is 1.49. The molecule has 0 aliphatic rings. The number of hydrogen-bond donors (Lipinski definition) is 0. The highest BCUT2D eigenvalue weighted by molar-refractivity contribution is 7.91. The summed E-state index contributed by atoms with van der Waals surface area (Å²) in [5.41, 5.74) is -0.0576. The minimum atomic E-state index is -4.63. The fourth-order valence-electron chi connectivity index (χ4n) is 3.20. The average molecular weight is 520 g/mol. The number of fused-ring (bicyclic) bond motifs is 1. The number of sulfone groups is 1. The van der Waals surface area contributed by atoms with Gasteiger partial charge in [-0.05, 0) is 23.8 Å². The number of aromatic nitrogens is 3. The maximum absolute atomic E-state index is 13.1. The van der Waals surface area contributed by atoms with Crippen molar-refractivity contribution in [2.24, 2.45) is 7.05 Å². The Labute approximate surface area is 195 Å². The molecule has 0 N–H and O–H groups in total. The topological polar surface area (TPSA) is 64.8 Å². The van der Waals surface area contributed by atoms with Gasteiger partial charge in [0.15, 0.2) is 15.7 Å². The van der Waals surface area contributed by atoms with Crippen molar-refractivity contribution in [2.45, 2.75) is 18.0 Å². The van der Waals surface area contributed by atoms with Crippen LogP contribution in [0.5, 0.6) is 0 Å². The summed E-state index contributed by atoms with van der Waals surface area (Å²) in [6.07, 6.45) is -3.56. The quantitative estimate of drug-likeness (QED) is 0.309. The van der Waals surface area contributed by atoms with E-state index in [9.17, 15) is 21.6 Å². The first kappa shape index (κ1) is 23.0. The molecule has 0 fully saturated rings. The molecule has 4 rings (SSSR count). The molecule has 32 heavy (non-hydrogen) atoms. The lowest BCUT2D eigenvalue weighted by molar-refractivity contribution is -0.141. The van der Waals surface area contributed by atoms with Crippen LogP contribution >= 0.6 is 34.5 Å². The lowest BCUT2D eigenvalue weighted by Gasteiger charge is -2.06. The van der Waals surface area contributed by atoms with Gasteiger partial charge in [0.05, 0.1) is 37.8 Å². The number of imidazole rings is 1. The van der Waals surface area contributed by atoms with Gasteiger partial charge in [0.1, 0.15) is 10.6 Å². The number of nitrogens with zero attached hydrogens (tertiary/aromatic N) is 3. The van der Waals surface area contributed by atoms with Crippen LogP contribution in [-0.2, 0) is 23.1 Å². The third-order valence-corrected chi connectivity index (χ3v) is 8.88. The van der Waals surface area contributed by atoms with Crippen LogP contribution in [0.4, 0.5) is 13.2 Å². The van der Waals surface area contributed by atoms with Crippen LogP contribution < -0.4 is 0 Å². The number of halogens is 5. The van der Waals surface area contributed by atoms with Crippen LogP contribution in [0.3, 0.4) is 0 Å². The van der Waals surface area contributed by atoms with Gasteiger partial charge in [-0.3, -0.25) is 0 Å². The normalized spacial score (nSPS) is 12.6. The second-order valence-corrected chi connectivity index (χ2v) is 10.9. The van der Waals surface area contributed by atoms with Gasteiger partial charge in [-0.2, -0.15) is 13.2 Å². The maximum Gasteiger partial charge on any atom is 0.433 e. The molecule has 3 heterocycles. The zero-order chi connectivity index (χ0) is 23.4. The second kappa shape index (κ2) is 8.02. The van der Waals surface area contributed by atoms with Crippen LogP contribution in [-0.4, -0.2) is 28.7 Å². The first-order valence-corrected chi connectivity index (χ1v) is 12.4. The Balaban J connectivity index is 2.00. The average Bonchev–Trinajstić information content (AvgIpc) is 3.25. The van der Waals surface area contributed by atoms with E-state index >= 15 is 0 Å². The number of aryl methyl sites for hydroxylation is 1. The van der Waals surface area contributed by atoms with Gasteiger partial charge < -0.3 is 4.57 Å². The Morgan fingerprint density at radius 3 is 2.38 bits per heavy atom. The molecule has 5 nitrogen and oxygen atoms in total. The molecule has 0 radical (unpaired) electrons. The summed E-state index contributed by atoms with van der Waals surface area (Å²) >= 11 is 13.6. The minimum absolute atomic E-state index is 0.0373. The number of pyridine rings is 1. The molecule has 0 aliphatic heterocycles. The number of benzene rings is 1. The van der Waals surface area contributed by atoms with Gasteiger partial charge in [-0.15, -0.1) is 11.3 Å². The van der Waals surface area contributed by atoms with Gasteiger partial charge >= 0.3 is 6.18 Å². The predicted octanol–water partition coefficient (Wildman–Crippen LogP) is 6.48. The third kappa shape index (κ3) is 3.89. The molecule has 0 saturated heterocycles. The van der Waals surface area contributed by atoms with E-state index in [1.807, 2.05) is 0 Å². The molecule has 12 heteroatoms. The van der Waals surface area contributed by atoms with E-state index in [1.165, 1.54) is 11.5 Å². The molecule has 0 saturated carbocycles. The molecule has 0 unspecified atom stereocenters. The Kier molecular flexibility index (Phi) is 5.77. The highest BCUT2D eigenvalue weighted by Gasteiger charge is 2.34. The van der Waals surface area contributed by atoms with E-state index in [0.29, 0.717) is 21.0 Å². The van der Waals surface area contributed by atoms with Gasteiger partial charge in [-0.1, -0.05) is 42.3 Å². The Morgan fingerprint density at radius 2 is 1.78 bits per heavy atom. The first-order valence-electron chi connectivity index (χ1n) is 9.15. The van der Waals surface area contributed by atoms with Crippen molar-refractivity contribution in [3.63, 3.8) is 0 Å². The number of thiophene rings is 1. The summed E-state index contributed by atoms with van der Waals surface area (Å²) in [5, 5.41) is 0.543. The van der Waals surface area contributed by atoms with Crippen LogP contribution in [0, 0.1) is 0 Å². The fourth-order valence-corrected chi connectivity index (χ4v) is 6.78. The number of alkyl halides is 3. The van der Waals surface area contributed by atoms with Gasteiger partial charge in [0.25, 0.3) is 0 Å². The Bertz CT molecular complexity index is 1440. The molecule has 0 spiro atoms. The monoisotopic (exact) mass is 519 g/mol. The summed E-state index contributed by atoms with van der Waals surface area (Å²) < 4.78 is 66.6. The van der Waals surface area contributed by atoms with Crippen LogP contribution in [0.1, 0.15) is 12.6 Å². The molecular weight excluding hydrogens is 506 g/mol. The highest BCUT2D eigenvalue weighted by Crippen LogP contribution is 2.48. The van der Waals surface area contributed by atoms with E-state index in [-0.39, 0.29) is 31.9 Å². The van der Waals surface area contributed by atoms with Gasteiger partial charge in [0.2, 0.25) is 0 Å². The molecule has 4 aromatic rings. The lowest BCUT2D eigenvalue weighted by atomic mass is 10.2. The van der Waals surface area contributed by atoms with Crippen LogP contribution in [0.2, 0.25) is 10.0 Å². The SMILES string of the molecule is CCS(=O)(=O)c1c(-c2nc3cc(C(F)(F)F)ncc3n2C)sc(-c2ccc(Cl)cc2)c1Cl. The van der Waals surface area contributed by atoms with Crippen molar-refractivity contribution in [3.8, 4) is 21.1 Å². The molecule has 168 valence electrons. The molecule has 1 aromatic carbocycles. The minimum Gasteiger partial charge on any atom is -0.325 e. The van der Waals surface area contributed by atoms with Crippen molar-refractivity contribution in [1.29, 1.82) is 0 Å². The Hall–Kier alpha value is -2.14. The predicted molar refractivity (Wildman–Crippen MR) is 120 cm³/mol. The van der Waals surface area contributed by atoms with Crippen molar-refractivity contribution < 1.29 is 21.6 Å². The first-order chi connectivity index (χ1) is 14.9. The number of rotatable bonds is 4. The van der Waals surface area contributed by atoms with E-state index in [0.717, 1.165) is 23.6 Å². The van der Waals surface area contributed by atoms with Crippen molar-refractivity contribution in [2.75, 3.05) is 5.75 Å². The van der Waals surface area contributed by atoms with E-state index in [4.69, 9.17) is 23.2 Å². The third-order valence-electron chi connectivity index (χ3n) is 4.87. The summed E-state index contributed by atoms with van der Waals surface area (Å²) in [7, 11) is -2.20. The lowest BCUT2D eigenvalue weighted by Crippen LogP contribution is -2.07. The van der Waals surface area contributed by atoms with Crippen molar-refractivity contribution in [3.05, 3.63) is 52.3 Å². The van der Waals surface area contributed by atoms with Gasteiger partial charge in [-0.25, -0.2) is 18.4 Å². The summed E-state index contributed by atoms with van der Waals surface area (Å²) in [4.78, 5) is 8.43. The second-order valence-electron chi connectivity index (χ2n) is 6.86. The van der Waals surface area contributed by atoms with E-state index in [1.54, 1.807) is 31.3 Å². The molecule has 0 amide bonds. The number of hydrogen-bond acceptors (Lipinski definition) is 5. The molecule has 0 bridgehead atoms. The smallest absolute Gasteiger partial charge is 0.325 e. The van der Waals surface area contributed by atoms with Crippen LogP contribution in [0.15, 0.2) is 41.4 Å². The standard InChI is InChI=1S/C20H14Cl2F3N3O2S2/c1-3-32(29,30)18-15(22)16(10-4-6-11(21)7-5-10)31-17(18)19-27-12-8-14(20(23,24)25)26-9-13(12)28(19)2/h4-9H,3H2,1-2H3. The van der Waals surface area contributed by atoms with Crippen molar-refractivity contribution >= 4 is 55.4 Å². The molecule has 0 atom stereocenters. The highest BCUT2D eigenvalue weighted by atomic mass is 35.5. The molecule has 3 aromatic heterocycles. The summed E-state index contributed by atoms with van der Waals surface area (Å²) in [5.74, 6) is -0.0273.